The molecule has 1 N–H and O–H groups in total. The molecule has 0 amide bonds. The molecule has 0 bridgehead atoms. The Kier molecular flexibility index (Phi) is 3.24. The summed E-state index contributed by atoms with van der Waals surface area (Å²) < 4.78 is 0. The Morgan fingerprint density at radius 2 is 2.24 bits per heavy atom. The maximum absolute atomic E-state index is 10.8. The average Bonchev–Trinajstić information content (AvgIpc) is 2.39. The highest BCUT2D eigenvalue weighted by Crippen LogP contribution is 2.24. The van der Waals surface area contributed by atoms with E-state index in [4.69, 9.17) is 10.4 Å². The first kappa shape index (κ1) is 11.4. The number of carboxylic acids is 1. The van der Waals surface area contributed by atoms with Crippen molar-refractivity contribution < 1.29 is 9.90 Å². The SMILES string of the molecule is N#Cc1cccnc1N1CCC(C(=O)O)CC1. The minimum Gasteiger partial charge on any atom is -0.481 e. The Balaban J connectivity index is 2.11. The summed E-state index contributed by atoms with van der Waals surface area (Å²) in [5.41, 5.74) is 0.543. The van der Waals surface area contributed by atoms with E-state index in [1.165, 1.54) is 0 Å². The van der Waals surface area contributed by atoms with Gasteiger partial charge in [0.15, 0.2) is 0 Å². The minimum atomic E-state index is -0.730. The summed E-state index contributed by atoms with van der Waals surface area (Å²) in [4.78, 5) is 17.0. The van der Waals surface area contributed by atoms with Crippen molar-refractivity contribution >= 4 is 11.8 Å². The first-order chi connectivity index (χ1) is 8.22. The predicted molar refractivity (Wildman–Crippen MR) is 61.5 cm³/mol. The molecule has 5 heteroatoms. The second-order valence-corrected chi connectivity index (χ2v) is 4.09. The monoisotopic (exact) mass is 231 g/mol. The van der Waals surface area contributed by atoms with Gasteiger partial charge in [-0.3, -0.25) is 4.79 Å². The maximum Gasteiger partial charge on any atom is 0.306 e. The number of nitriles is 1. The Bertz CT molecular complexity index is 459. The number of piperidine rings is 1. The van der Waals surface area contributed by atoms with Crippen LogP contribution in [-0.4, -0.2) is 29.1 Å². The Hall–Kier alpha value is -2.09. The number of aliphatic carboxylic acids is 1. The van der Waals surface area contributed by atoms with Gasteiger partial charge in [-0.1, -0.05) is 0 Å². The lowest BCUT2D eigenvalue weighted by molar-refractivity contribution is -0.142. The maximum atomic E-state index is 10.8. The van der Waals surface area contributed by atoms with Crippen molar-refractivity contribution in [2.24, 2.45) is 5.92 Å². The van der Waals surface area contributed by atoms with Crippen molar-refractivity contribution in [3.8, 4) is 6.07 Å². The number of nitrogens with zero attached hydrogens (tertiary/aromatic N) is 3. The number of anilines is 1. The highest BCUT2D eigenvalue weighted by atomic mass is 16.4. The average molecular weight is 231 g/mol. The fourth-order valence-electron chi connectivity index (χ4n) is 2.07. The third-order valence-electron chi connectivity index (χ3n) is 3.05. The van der Waals surface area contributed by atoms with Crippen LogP contribution in [-0.2, 0) is 4.79 Å². The van der Waals surface area contributed by atoms with E-state index >= 15 is 0 Å². The van der Waals surface area contributed by atoms with Crippen molar-refractivity contribution in [1.29, 1.82) is 5.26 Å². The van der Waals surface area contributed by atoms with Gasteiger partial charge in [0.05, 0.1) is 11.5 Å². The number of carbonyl (C=O) groups is 1. The first-order valence-electron chi connectivity index (χ1n) is 5.55. The van der Waals surface area contributed by atoms with Gasteiger partial charge in [0, 0.05) is 19.3 Å². The van der Waals surface area contributed by atoms with Crippen molar-refractivity contribution in [2.75, 3.05) is 18.0 Å². The lowest BCUT2D eigenvalue weighted by atomic mass is 9.97. The van der Waals surface area contributed by atoms with E-state index in [2.05, 4.69) is 11.1 Å². The van der Waals surface area contributed by atoms with Crippen LogP contribution in [0.25, 0.3) is 0 Å². The van der Waals surface area contributed by atoms with Crippen LogP contribution in [0.2, 0.25) is 0 Å². The zero-order valence-corrected chi connectivity index (χ0v) is 9.33. The fourth-order valence-corrected chi connectivity index (χ4v) is 2.07. The third kappa shape index (κ3) is 2.36. The van der Waals surface area contributed by atoms with Crippen molar-refractivity contribution in [3.05, 3.63) is 23.9 Å². The summed E-state index contributed by atoms with van der Waals surface area (Å²) in [5.74, 6) is -0.328. The molecule has 1 aromatic rings. The number of carboxylic acid groups (broad SMARTS) is 1. The van der Waals surface area contributed by atoms with Crippen LogP contribution >= 0.6 is 0 Å². The quantitative estimate of drug-likeness (QED) is 0.829. The Labute approximate surface area is 99.3 Å². The molecule has 5 nitrogen and oxygen atoms in total. The molecule has 2 heterocycles. The molecule has 0 radical (unpaired) electrons. The van der Waals surface area contributed by atoms with Crippen molar-refractivity contribution in [3.63, 3.8) is 0 Å². The molecular weight excluding hydrogens is 218 g/mol. The van der Waals surface area contributed by atoms with Crippen LogP contribution in [0.3, 0.4) is 0 Å². The highest BCUT2D eigenvalue weighted by molar-refractivity contribution is 5.70. The number of rotatable bonds is 2. The molecule has 0 spiro atoms. The number of hydrogen-bond donors (Lipinski definition) is 1. The van der Waals surface area contributed by atoms with Gasteiger partial charge in [0.25, 0.3) is 0 Å². The zero-order valence-electron chi connectivity index (χ0n) is 9.33. The number of pyridine rings is 1. The fraction of sp³-hybridized carbons (Fsp3) is 0.417. The van der Waals surface area contributed by atoms with E-state index in [1.54, 1.807) is 18.3 Å². The molecule has 17 heavy (non-hydrogen) atoms. The van der Waals surface area contributed by atoms with E-state index in [0.29, 0.717) is 37.3 Å². The van der Waals surface area contributed by atoms with Crippen LogP contribution in [0.1, 0.15) is 18.4 Å². The summed E-state index contributed by atoms with van der Waals surface area (Å²) >= 11 is 0. The van der Waals surface area contributed by atoms with Crippen LogP contribution < -0.4 is 4.90 Å². The molecule has 0 unspecified atom stereocenters. The summed E-state index contributed by atoms with van der Waals surface area (Å²) in [6, 6.07) is 5.56. The van der Waals surface area contributed by atoms with Gasteiger partial charge in [0.1, 0.15) is 11.9 Å². The highest BCUT2D eigenvalue weighted by Gasteiger charge is 2.25. The molecule has 88 valence electrons. The molecule has 1 saturated heterocycles. The van der Waals surface area contributed by atoms with Gasteiger partial charge in [0.2, 0.25) is 0 Å². The molecule has 2 rings (SSSR count). The summed E-state index contributed by atoms with van der Waals surface area (Å²) in [5, 5.41) is 17.9. The Morgan fingerprint density at radius 3 is 2.82 bits per heavy atom. The van der Waals surface area contributed by atoms with Gasteiger partial charge < -0.3 is 10.0 Å². The lowest BCUT2D eigenvalue weighted by Crippen LogP contribution is -2.37. The second-order valence-electron chi connectivity index (χ2n) is 4.09. The van der Waals surface area contributed by atoms with Crippen LogP contribution in [0.4, 0.5) is 5.82 Å². The summed E-state index contributed by atoms with van der Waals surface area (Å²) in [6.07, 6.45) is 2.87. The van der Waals surface area contributed by atoms with Crippen LogP contribution in [0.15, 0.2) is 18.3 Å². The smallest absolute Gasteiger partial charge is 0.306 e. The zero-order chi connectivity index (χ0) is 12.3. The van der Waals surface area contributed by atoms with E-state index < -0.39 is 5.97 Å². The summed E-state index contributed by atoms with van der Waals surface area (Å²) in [7, 11) is 0. The topological polar surface area (TPSA) is 77.2 Å². The van der Waals surface area contributed by atoms with Crippen LogP contribution in [0.5, 0.6) is 0 Å². The van der Waals surface area contributed by atoms with Crippen molar-refractivity contribution in [2.45, 2.75) is 12.8 Å². The molecule has 1 aromatic heterocycles. The molecular formula is C12H13N3O2. The van der Waals surface area contributed by atoms with Gasteiger partial charge in [-0.2, -0.15) is 5.26 Å². The molecule has 0 aliphatic carbocycles. The van der Waals surface area contributed by atoms with E-state index in [-0.39, 0.29) is 5.92 Å². The normalized spacial score (nSPS) is 16.5. The molecule has 1 aliphatic heterocycles. The molecule has 1 aliphatic rings. The molecule has 0 saturated carbocycles. The number of aromatic nitrogens is 1. The molecule has 0 atom stereocenters. The predicted octanol–water partition coefficient (Wildman–Crippen LogP) is 1.25. The van der Waals surface area contributed by atoms with E-state index in [9.17, 15) is 4.79 Å². The van der Waals surface area contributed by atoms with Gasteiger partial charge in [-0.15, -0.1) is 0 Å². The van der Waals surface area contributed by atoms with Gasteiger partial charge in [-0.05, 0) is 25.0 Å². The largest absolute Gasteiger partial charge is 0.481 e. The molecule has 1 fully saturated rings. The Morgan fingerprint density at radius 1 is 1.53 bits per heavy atom. The molecule has 0 aromatic carbocycles. The first-order valence-corrected chi connectivity index (χ1v) is 5.55. The van der Waals surface area contributed by atoms with Gasteiger partial charge in [-0.25, -0.2) is 4.98 Å². The van der Waals surface area contributed by atoms with E-state index in [1.807, 2.05) is 4.90 Å². The van der Waals surface area contributed by atoms with Crippen LogP contribution in [0, 0.1) is 17.2 Å². The second kappa shape index (κ2) is 4.83. The lowest BCUT2D eigenvalue weighted by Gasteiger charge is -2.31. The minimum absolute atomic E-state index is 0.263. The van der Waals surface area contributed by atoms with Gasteiger partial charge >= 0.3 is 5.97 Å². The van der Waals surface area contributed by atoms with Crippen molar-refractivity contribution in [1.82, 2.24) is 4.98 Å². The van der Waals surface area contributed by atoms with E-state index in [0.717, 1.165) is 0 Å². The standard InChI is InChI=1S/C12H13N3O2/c13-8-10-2-1-5-14-11(10)15-6-3-9(4-7-15)12(16)17/h1-2,5,9H,3-4,6-7H2,(H,16,17). The summed E-state index contributed by atoms with van der Waals surface area (Å²) in [6.45, 7) is 1.28. The number of hydrogen-bond acceptors (Lipinski definition) is 4. The third-order valence-corrected chi connectivity index (χ3v) is 3.05.